The quantitative estimate of drug-likeness (QED) is 0.268. The number of nitrogens with zero attached hydrogens (tertiary/aromatic N) is 1. The second-order valence-corrected chi connectivity index (χ2v) is 3.66. The Morgan fingerprint density at radius 3 is 1.44 bits per heavy atom. The van der Waals surface area contributed by atoms with Gasteiger partial charge in [-0.15, -0.1) is 5.06 Å². The zero-order valence-electron chi connectivity index (χ0n) is 7.17. The molecule has 0 saturated heterocycles. The van der Waals surface area contributed by atoms with Crippen LogP contribution in [0.25, 0.3) is 0 Å². The molecule has 0 aromatic heterocycles. The number of halogens is 3. The summed E-state index contributed by atoms with van der Waals surface area (Å²) in [5.41, 5.74) is -5.53. The fourth-order valence-electron chi connectivity index (χ4n) is 0.392. The summed E-state index contributed by atoms with van der Waals surface area (Å²) in [6, 6.07) is 0. The predicted molar refractivity (Wildman–Crippen MR) is 40.4 cm³/mol. The molecule has 1 rings (SSSR count). The number of hydrogen-bond acceptors (Lipinski definition) is 5. The third-order valence-corrected chi connectivity index (χ3v) is 1.66. The van der Waals surface area contributed by atoms with Crippen molar-refractivity contribution in [1.82, 2.24) is 5.06 Å². The van der Waals surface area contributed by atoms with Crippen molar-refractivity contribution in [2.75, 3.05) is 0 Å². The van der Waals surface area contributed by atoms with Gasteiger partial charge in [0, 0.05) is 12.2 Å². The Morgan fingerprint density at radius 1 is 1.12 bits per heavy atom. The zero-order chi connectivity index (χ0) is 13.1. The normalized spacial score (nSPS) is 16.2. The Kier molecular flexibility index (Phi) is 4.17. The van der Waals surface area contributed by atoms with E-state index in [1.807, 2.05) is 0 Å². The van der Waals surface area contributed by atoms with Crippen LogP contribution in [0, 0.1) is 0 Å². The lowest BCUT2D eigenvalue weighted by Crippen LogP contribution is -2.25. The van der Waals surface area contributed by atoms with Gasteiger partial charge in [0.2, 0.25) is 0 Å². The van der Waals surface area contributed by atoms with Crippen molar-refractivity contribution in [3.8, 4) is 0 Å². The monoisotopic (exact) mass is 263 g/mol. The van der Waals surface area contributed by atoms with Crippen LogP contribution in [0.2, 0.25) is 0 Å². The number of carbonyl (C=O) groups is 2. The third-order valence-electron chi connectivity index (χ3n) is 1.08. The molecule has 0 aliphatic carbocycles. The number of rotatable bonds is 0. The van der Waals surface area contributed by atoms with E-state index in [1.165, 1.54) is 0 Å². The molecule has 0 spiro atoms. The Morgan fingerprint density at radius 2 is 1.38 bits per heavy atom. The van der Waals surface area contributed by atoms with E-state index in [9.17, 15) is 22.8 Å². The Balaban J connectivity index is 0.000000281. The van der Waals surface area contributed by atoms with E-state index in [1.54, 1.807) is 0 Å². The molecule has 92 valence electrons. The first-order chi connectivity index (χ1) is 6.97. The van der Waals surface area contributed by atoms with Crippen molar-refractivity contribution in [1.29, 1.82) is 0 Å². The van der Waals surface area contributed by atoms with Gasteiger partial charge in [0.25, 0.3) is 11.8 Å². The molecule has 0 radical (unpaired) electrons. The molecule has 1 aliphatic rings. The summed E-state index contributed by atoms with van der Waals surface area (Å²) in [6.07, 6.45) is 2.00. The van der Waals surface area contributed by atoms with Gasteiger partial charge in [0.15, 0.2) is 0 Å². The van der Waals surface area contributed by atoms with Gasteiger partial charge in [-0.05, 0) is 0 Å². The highest BCUT2D eigenvalue weighted by atomic mass is 32.2. The molecule has 0 fully saturated rings. The molecule has 16 heavy (non-hydrogen) atoms. The zero-order valence-corrected chi connectivity index (χ0v) is 7.99. The summed E-state index contributed by atoms with van der Waals surface area (Å²) in [7, 11) is -5.84. The van der Waals surface area contributed by atoms with Crippen LogP contribution < -0.4 is 0 Å². The molecule has 2 N–H and O–H groups in total. The molecule has 0 atom stereocenters. The second kappa shape index (κ2) is 4.59. The van der Waals surface area contributed by atoms with Crippen molar-refractivity contribution in [2.45, 2.75) is 5.51 Å². The van der Waals surface area contributed by atoms with Gasteiger partial charge in [-0.1, -0.05) is 0 Å². The SMILES string of the molecule is O=C1C=CC(=O)N1O.O=S(=O)(O)C(F)(F)F. The van der Waals surface area contributed by atoms with Crippen molar-refractivity contribution in [2.24, 2.45) is 0 Å². The highest BCUT2D eigenvalue weighted by Crippen LogP contribution is 2.20. The van der Waals surface area contributed by atoms with E-state index in [4.69, 9.17) is 18.2 Å². The second-order valence-electron chi connectivity index (χ2n) is 2.24. The number of amides is 2. The number of carbonyl (C=O) groups excluding carboxylic acids is 2. The van der Waals surface area contributed by atoms with Crippen LogP contribution in [0.4, 0.5) is 13.2 Å². The minimum atomic E-state index is -5.84. The van der Waals surface area contributed by atoms with Gasteiger partial charge in [0.05, 0.1) is 0 Å². The van der Waals surface area contributed by atoms with Crippen LogP contribution in [0.3, 0.4) is 0 Å². The van der Waals surface area contributed by atoms with Crippen LogP contribution in [-0.4, -0.2) is 40.6 Å². The van der Waals surface area contributed by atoms with E-state index in [2.05, 4.69) is 0 Å². The summed E-state index contributed by atoms with van der Waals surface area (Å²) < 4.78 is 57.5. The van der Waals surface area contributed by atoms with Crippen molar-refractivity contribution >= 4 is 21.9 Å². The molecule has 0 aromatic rings. The van der Waals surface area contributed by atoms with Crippen LogP contribution in [0.1, 0.15) is 0 Å². The molecule has 0 aromatic carbocycles. The molecule has 7 nitrogen and oxygen atoms in total. The maximum absolute atomic E-state index is 10.7. The molecule has 1 aliphatic heterocycles. The van der Waals surface area contributed by atoms with Gasteiger partial charge in [-0.25, -0.2) is 0 Å². The van der Waals surface area contributed by atoms with Crippen LogP contribution >= 0.6 is 0 Å². The Labute approximate surface area is 86.5 Å². The summed E-state index contributed by atoms with van der Waals surface area (Å²) >= 11 is 0. The van der Waals surface area contributed by atoms with Gasteiger partial charge in [-0.2, -0.15) is 21.6 Å². The first-order valence-electron chi connectivity index (χ1n) is 3.25. The van der Waals surface area contributed by atoms with Crippen molar-refractivity contribution in [3.05, 3.63) is 12.2 Å². The van der Waals surface area contributed by atoms with Crippen LogP contribution in [0.5, 0.6) is 0 Å². The van der Waals surface area contributed by atoms with E-state index in [-0.39, 0.29) is 5.06 Å². The van der Waals surface area contributed by atoms with E-state index in [0.29, 0.717) is 0 Å². The smallest absolute Gasteiger partial charge is 0.279 e. The van der Waals surface area contributed by atoms with Gasteiger partial charge in [-0.3, -0.25) is 19.3 Å². The Hall–Kier alpha value is -1.46. The lowest BCUT2D eigenvalue weighted by atomic mass is 10.6. The summed E-state index contributed by atoms with van der Waals surface area (Å²) in [5, 5.41) is 8.39. The van der Waals surface area contributed by atoms with Gasteiger partial charge >= 0.3 is 15.6 Å². The Bertz CT molecular complexity index is 406. The van der Waals surface area contributed by atoms with Gasteiger partial charge in [0.1, 0.15) is 0 Å². The number of alkyl halides is 3. The highest BCUT2D eigenvalue weighted by molar-refractivity contribution is 7.86. The maximum atomic E-state index is 10.7. The largest absolute Gasteiger partial charge is 0.522 e. The molecular formula is C5H4F3NO6S. The van der Waals surface area contributed by atoms with E-state index in [0.717, 1.165) is 12.2 Å². The lowest BCUT2D eigenvalue weighted by Gasteiger charge is -1.98. The fourth-order valence-corrected chi connectivity index (χ4v) is 0.392. The molecule has 2 amide bonds. The fraction of sp³-hybridized carbons (Fsp3) is 0.200. The number of hydrogen-bond donors (Lipinski definition) is 2. The van der Waals surface area contributed by atoms with Crippen LogP contribution in [-0.2, 0) is 19.7 Å². The first kappa shape index (κ1) is 14.5. The molecule has 1 heterocycles. The first-order valence-corrected chi connectivity index (χ1v) is 4.69. The molecule has 0 bridgehead atoms. The highest BCUT2D eigenvalue weighted by Gasteiger charge is 2.44. The molecule has 0 unspecified atom stereocenters. The lowest BCUT2D eigenvalue weighted by molar-refractivity contribution is -0.169. The topological polar surface area (TPSA) is 112 Å². The minimum absolute atomic E-state index is 0.0556. The molecular weight excluding hydrogens is 259 g/mol. The van der Waals surface area contributed by atoms with Crippen molar-refractivity contribution in [3.63, 3.8) is 0 Å². The minimum Gasteiger partial charge on any atom is -0.279 e. The average Bonchev–Trinajstić information content (AvgIpc) is 2.34. The van der Waals surface area contributed by atoms with E-state index >= 15 is 0 Å². The maximum Gasteiger partial charge on any atom is 0.522 e. The summed E-state index contributed by atoms with van der Waals surface area (Å²) in [5.74, 6) is -1.37. The van der Waals surface area contributed by atoms with Gasteiger partial charge < -0.3 is 0 Å². The number of imide groups is 1. The van der Waals surface area contributed by atoms with E-state index < -0.39 is 27.4 Å². The summed E-state index contributed by atoms with van der Waals surface area (Å²) in [6.45, 7) is 0. The molecule has 0 saturated carbocycles. The average molecular weight is 263 g/mol. The predicted octanol–water partition coefficient (Wildman–Crippen LogP) is -0.305. The molecule has 11 heteroatoms. The van der Waals surface area contributed by atoms with Crippen molar-refractivity contribution < 1.29 is 40.9 Å². The standard InChI is InChI=1S/C4H3NO3.CHF3O3S/c6-3-1-2-4(7)5(3)8;2-1(3,4)8(5,6)7/h1-2,8H;(H,5,6,7). The number of hydroxylamine groups is 2. The summed E-state index contributed by atoms with van der Waals surface area (Å²) in [4.78, 5) is 20.3. The third kappa shape index (κ3) is 3.96. The van der Waals surface area contributed by atoms with Crippen LogP contribution in [0.15, 0.2) is 12.2 Å².